The molecule has 1 heterocycles. The number of aryl methyl sites for hydroxylation is 2. The van der Waals surface area contributed by atoms with Gasteiger partial charge in [-0.3, -0.25) is 0 Å². The van der Waals surface area contributed by atoms with E-state index in [2.05, 4.69) is 82.8 Å². The number of hydrogen-bond donors (Lipinski definition) is 0. The highest BCUT2D eigenvalue weighted by Crippen LogP contribution is 2.40. The van der Waals surface area contributed by atoms with E-state index in [0.29, 0.717) is 5.92 Å². The maximum absolute atomic E-state index is 6.65. The van der Waals surface area contributed by atoms with Crippen LogP contribution in [0.3, 0.4) is 0 Å². The summed E-state index contributed by atoms with van der Waals surface area (Å²) in [6.07, 6.45) is 3.32. The van der Waals surface area contributed by atoms with Crippen molar-refractivity contribution in [3.05, 3.63) is 70.3 Å². The van der Waals surface area contributed by atoms with Crippen molar-refractivity contribution in [3.63, 3.8) is 0 Å². The summed E-state index contributed by atoms with van der Waals surface area (Å²) in [5, 5.41) is 2.51. The fourth-order valence-electron chi connectivity index (χ4n) is 4.74. The standard InChI is InChI=1S/C29H36O2S/c1-19-15-20(2)27-11-12-29(5,31-28(27)22(19)4)13-14-32-18-21(3)23-7-8-25-17-26(30-6)10-9-24(25)16-23/h7-10,15-17,21H,11-14,18H2,1-6H3. The highest BCUT2D eigenvalue weighted by molar-refractivity contribution is 7.99. The van der Waals surface area contributed by atoms with Crippen LogP contribution >= 0.6 is 11.8 Å². The zero-order valence-electron chi connectivity index (χ0n) is 20.4. The van der Waals surface area contributed by atoms with Gasteiger partial charge in [-0.1, -0.05) is 37.3 Å². The lowest BCUT2D eigenvalue weighted by molar-refractivity contribution is 0.0612. The highest BCUT2D eigenvalue weighted by Gasteiger charge is 2.33. The number of hydrogen-bond acceptors (Lipinski definition) is 3. The Morgan fingerprint density at radius 1 is 1.03 bits per heavy atom. The Morgan fingerprint density at radius 3 is 2.56 bits per heavy atom. The van der Waals surface area contributed by atoms with Crippen molar-refractivity contribution in [1.29, 1.82) is 0 Å². The first-order chi connectivity index (χ1) is 15.3. The number of thioether (sulfide) groups is 1. The molecule has 0 aromatic heterocycles. The summed E-state index contributed by atoms with van der Waals surface area (Å²) in [6, 6.07) is 15.4. The van der Waals surface area contributed by atoms with E-state index >= 15 is 0 Å². The molecule has 0 N–H and O–H groups in total. The van der Waals surface area contributed by atoms with Crippen molar-refractivity contribution >= 4 is 22.5 Å². The molecule has 2 nitrogen and oxygen atoms in total. The number of ether oxygens (including phenoxy) is 2. The minimum absolute atomic E-state index is 0.0593. The molecule has 4 rings (SSSR count). The van der Waals surface area contributed by atoms with Crippen LogP contribution in [0, 0.1) is 20.8 Å². The maximum atomic E-state index is 6.65. The molecular formula is C29H36O2S. The second kappa shape index (κ2) is 9.39. The van der Waals surface area contributed by atoms with Gasteiger partial charge in [-0.25, -0.2) is 0 Å². The molecule has 0 radical (unpaired) electrons. The van der Waals surface area contributed by atoms with E-state index < -0.39 is 0 Å². The van der Waals surface area contributed by atoms with Crippen LogP contribution in [0.15, 0.2) is 42.5 Å². The number of benzene rings is 3. The molecule has 0 fully saturated rings. The Bertz CT molecular complexity index is 1120. The molecule has 3 aromatic rings. The highest BCUT2D eigenvalue weighted by atomic mass is 32.2. The summed E-state index contributed by atoms with van der Waals surface area (Å²) in [6.45, 7) is 11.3. The lowest BCUT2D eigenvalue weighted by atomic mass is 9.86. The predicted molar refractivity (Wildman–Crippen MR) is 139 cm³/mol. The van der Waals surface area contributed by atoms with Crippen molar-refractivity contribution in [1.82, 2.24) is 0 Å². The van der Waals surface area contributed by atoms with E-state index in [1.165, 1.54) is 38.6 Å². The fraction of sp³-hybridized carbons (Fsp3) is 0.448. The first-order valence-corrected chi connectivity index (χ1v) is 12.9. The van der Waals surface area contributed by atoms with Gasteiger partial charge in [0, 0.05) is 0 Å². The van der Waals surface area contributed by atoms with Gasteiger partial charge in [0.15, 0.2) is 0 Å². The second-order valence-electron chi connectivity index (χ2n) is 9.69. The molecule has 0 saturated carbocycles. The van der Waals surface area contributed by atoms with Gasteiger partial charge >= 0.3 is 0 Å². The molecule has 0 bridgehead atoms. The molecule has 2 unspecified atom stereocenters. The Kier molecular flexibility index (Phi) is 6.76. The summed E-state index contributed by atoms with van der Waals surface area (Å²) >= 11 is 2.05. The first-order valence-electron chi connectivity index (χ1n) is 11.7. The number of methoxy groups -OCH3 is 1. The number of fused-ring (bicyclic) bond motifs is 2. The van der Waals surface area contributed by atoms with Gasteiger partial charge in [0.05, 0.1) is 7.11 Å². The lowest BCUT2D eigenvalue weighted by Gasteiger charge is -2.38. The van der Waals surface area contributed by atoms with Crippen LogP contribution in [0.2, 0.25) is 0 Å². The molecule has 170 valence electrons. The van der Waals surface area contributed by atoms with Crippen molar-refractivity contribution in [2.75, 3.05) is 18.6 Å². The van der Waals surface area contributed by atoms with E-state index in [1.807, 2.05) is 6.07 Å². The third-order valence-corrected chi connectivity index (χ3v) is 8.38. The minimum Gasteiger partial charge on any atom is -0.497 e. The molecule has 1 aliphatic rings. The molecule has 3 heteroatoms. The Morgan fingerprint density at radius 2 is 1.78 bits per heavy atom. The monoisotopic (exact) mass is 448 g/mol. The van der Waals surface area contributed by atoms with Crippen molar-refractivity contribution in [2.24, 2.45) is 0 Å². The van der Waals surface area contributed by atoms with Gasteiger partial charge in [0.25, 0.3) is 0 Å². The summed E-state index contributed by atoms with van der Waals surface area (Å²) in [4.78, 5) is 0. The molecule has 2 atom stereocenters. The van der Waals surface area contributed by atoms with Crippen LogP contribution in [0.1, 0.15) is 60.4 Å². The van der Waals surface area contributed by atoms with Gasteiger partial charge in [-0.05, 0) is 115 Å². The van der Waals surface area contributed by atoms with Gasteiger partial charge in [0.1, 0.15) is 17.1 Å². The quantitative estimate of drug-likeness (QED) is 0.344. The summed E-state index contributed by atoms with van der Waals surface area (Å²) in [7, 11) is 1.72. The summed E-state index contributed by atoms with van der Waals surface area (Å²) < 4.78 is 12.0. The van der Waals surface area contributed by atoms with Crippen molar-refractivity contribution in [2.45, 2.75) is 65.4 Å². The molecule has 0 aliphatic carbocycles. The molecule has 1 aliphatic heterocycles. The molecule has 32 heavy (non-hydrogen) atoms. The molecule has 3 aromatic carbocycles. The average molecular weight is 449 g/mol. The molecule has 0 spiro atoms. The van der Waals surface area contributed by atoms with Gasteiger partial charge in [-0.15, -0.1) is 0 Å². The normalized spacial score (nSPS) is 18.8. The summed E-state index contributed by atoms with van der Waals surface area (Å²) in [5.74, 6) is 4.86. The second-order valence-corrected chi connectivity index (χ2v) is 10.8. The Balaban J connectivity index is 1.33. The van der Waals surface area contributed by atoms with Crippen molar-refractivity contribution < 1.29 is 9.47 Å². The van der Waals surface area contributed by atoms with Crippen LogP contribution in [-0.4, -0.2) is 24.2 Å². The van der Waals surface area contributed by atoms with E-state index in [0.717, 1.165) is 42.3 Å². The molecule has 0 amide bonds. The lowest BCUT2D eigenvalue weighted by Crippen LogP contribution is -2.37. The molecule has 0 saturated heterocycles. The third kappa shape index (κ3) is 4.78. The Hall–Kier alpha value is -2.13. The van der Waals surface area contributed by atoms with Crippen LogP contribution in [0.5, 0.6) is 11.5 Å². The van der Waals surface area contributed by atoms with Crippen LogP contribution < -0.4 is 9.47 Å². The third-order valence-electron chi connectivity index (χ3n) is 7.15. The van der Waals surface area contributed by atoms with Gasteiger partial charge in [0.2, 0.25) is 0 Å². The SMILES string of the molecule is COc1ccc2cc(C(C)CSCCC3(C)CCc4c(C)cc(C)c(C)c4O3)ccc2c1. The summed E-state index contributed by atoms with van der Waals surface area (Å²) in [5.41, 5.74) is 6.79. The maximum Gasteiger partial charge on any atom is 0.126 e. The minimum atomic E-state index is -0.0593. The predicted octanol–water partition coefficient (Wildman–Crippen LogP) is 7.78. The smallest absolute Gasteiger partial charge is 0.126 e. The molecular weight excluding hydrogens is 412 g/mol. The number of rotatable bonds is 7. The fourth-order valence-corrected chi connectivity index (χ4v) is 6.03. The van der Waals surface area contributed by atoms with E-state index in [9.17, 15) is 0 Å². The van der Waals surface area contributed by atoms with Crippen LogP contribution in [0.4, 0.5) is 0 Å². The van der Waals surface area contributed by atoms with Crippen LogP contribution in [0.25, 0.3) is 10.8 Å². The van der Waals surface area contributed by atoms with Crippen LogP contribution in [-0.2, 0) is 6.42 Å². The topological polar surface area (TPSA) is 18.5 Å². The largest absolute Gasteiger partial charge is 0.497 e. The van der Waals surface area contributed by atoms with E-state index in [-0.39, 0.29) is 5.60 Å². The average Bonchev–Trinajstić information content (AvgIpc) is 2.79. The van der Waals surface area contributed by atoms with Crippen molar-refractivity contribution in [3.8, 4) is 11.5 Å². The first kappa shape index (κ1) is 23.0. The van der Waals surface area contributed by atoms with Gasteiger partial charge in [-0.2, -0.15) is 11.8 Å². The Labute approximate surface area is 197 Å². The zero-order chi connectivity index (χ0) is 22.9. The van der Waals surface area contributed by atoms with E-state index in [4.69, 9.17) is 9.47 Å². The van der Waals surface area contributed by atoms with E-state index in [1.54, 1.807) is 7.11 Å². The zero-order valence-corrected chi connectivity index (χ0v) is 21.2. The van der Waals surface area contributed by atoms with Gasteiger partial charge < -0.3 is 9.47 Å².